The van der Waals surface area contributed by atoms with Crippen LogP contribution in [-0.2, 0) is 4.84 Å². The lowest BCUT2D eigenvalue weighted by atomic mass is 10.0. The van der Waals surface area contributed by atoms with Gasteiger partial charge in [-0.2, -0.15) is 5.10 Å². The van der Waals surface area contributed by atoms with Gasteiger partial charge in [-0.25, -0.2) is 5.48 Å². The predicted molar refractivity (Wildman–Crippen MR) is 93.3 cm³/mol. The molecule has 4 N–H and O–H groups in total. The highest BCUT2D eigenvalue weighted by Crippen LogP contribution is 2.12. The molecule has 1 aromatic heterocycles. The molecule has 0 bridgehead atoms. The first-order valence-electron chi connectivity index (χ1n) is 7.23. The van der Waals surface area contributed by atoms with Crippen molar-refractivity contribution in [2.24, 2.45) is 10.8 Å². The van der Waals surface area contributed by atoms with Crippen molar-refractivity contribution >= 4 is 17.3 Å². The molecule has 1 aromatic carbocycles. The molecule has 2 aromatic rings. The van der Waals surface area contributed by atoms with Crippen molar-refractivity contribution in [2.75, 3.05) is 12.5 Å². The first kappa shape index (κ1) is 17.2. The van der Waals surface area contributed by atoms with Crippen molar-refractivity contribution in [1.82, 2.24) is 10.5 Å². The molecule has 2 rings (SSSR count). The number of allylic oxidation sites excluding steroid dienone is 1. The van der Waals surface area contributed by atoms with Gasteiger partial charge in [0.15, 0.2) is 0 Å². The van der Waals surface area contributed by atoms with Gasteiger partial charge in [0.25, 0.3) is 5.91 Å². The maximum atomic E-state index is 11.8. The fourth-order valence-corrected chi connectivity index (χ4v) is 1.94. The number of pyridine rings is 1. The van der Waals surface area contributed by atoms with Crippen molar-refractivity contribution in [3.8, 4) is 0 Å². The van der Waals surface area contributed by atoms with E-state index in [2.05, 4.69) is 25.8 Å². The molecule has 7 heteroatoms. The summed E-state index contributed by atoms with van der Waals surface area (Å²) >= 11 is 0. The van der Waals surface area contributed by atoms with Gasteiger partial charge in [0.05, 0.1) is 18.5 Å². The van der Waals surface area contributed by atoms with E-state index in [1.165, 1.54) is 19.5 Å². The number of carbonyl (C=O) groups is 1. The molecule has 124 valence electrons. The topological polar surface area (TPSA) is 102 Å². The Morgan fingerprint density at radius 1 is 1.29 bits per heavy atom. The van der Waals surface area contributed by atoms with Crippen LogP contribution in [0.15, 0.2) is 65.5 Å². The summed E-state index contributed by atoms with van der Waals surface area (Å²) in [5.41, 5.74) is 14.0. The molecule has 7 nitrogen and oxygen atoms in total. The Morgan fingerprint density at radius 2 is 2.04 bits per heavy atom. The average Bonchev–Trinajstić information content (AvgIpc) is 2.63. The molecule has 0 saturated heterocycles. The third kappa shape index (κ3) is 4.40. The highest BCUT2D eigenvalue weighted by atomic mass is 16.6. The summed E-state index contributed by atoms with van der Waals surface area (Å²) in [6, 6.07) is 12.9. The molecule has 1 heterocycles. The predicted octanol–water partition coefficient (Wildman–Crippen LogP) is 2.05. The van der Waals surface area contributed by atoms with Crippen LogP contribution in [0, 0.1) is 0 Å². The number of anilines is 1. The van der Waals surface area contributed by atoms with Crippen molar-refractivity contribution in [3.05, 3.63) is 71.7 Å². The number of hydrogen-bond acceptors (Lipinski definition) is 6. The molecule has 0 aliphatic heterocycles. The van der Waals surface area contributed by atoms with E-state index in [1.807, 2.05) is 37.3 Å². The second-order valence-corrected chi connectivity index (χ2v) is 4.85. The summed E-state index contributed by atoms with van der Waals surface area (Å²) in [5.74, 6) is -0.441. The lowest BCUT2D eigenvalue weighted by Gasteiger charge is -2.09. The van der Waals surface area contributed by atoms with Crippen LogP contribution in [0.1, 0.15) is 23.0 Å². The summed E-state index contributed by atoms with van der Waals surface area (Å²) in [7, 11) is 1.36. The van der Waals surface area contributed by atoms with Crippen molar-refractivity contribution in [2.45, 2.75) is 6.92 Å². The molecular formula is C17H19N5O2. The number of hydroxylamine groups is 1. The van der Waals surface area contributed by atoms with Crippen LogP contribution < -0.4 is 16.6 Å². The van der Waals surface area contributed by atoms with Crippen LogP contribution in [0.25, 0.3) is 0 Å². The number of hydrogen-bond donors (Lipinski definition) is 3. The summed E-state index contributed by atoms with van der Waals surface area (Å²) < 4.78 is 0. The van der Waals surface area contributed by atoms with Crippen LogP contribution in [0.2, 0.25) is 0 Å². The van der Waals surface area contributed by atoms with Gasteiger partial charge in [-0.05, 0) is 43.0 Å². The molecule has 0 fully saturated rings. The molecular weight excluding hydrogens is 306 g/mol. The van der Waals surface area contributed by atoms with Gasteiger partial charge in [-0.15, -0.1) is 0 Å². The summed E-state index contributed by atoms with van der Waals surface area (Å²) in [6.07, 6.45) is 2.99. The van der Waals surface area contributed by atoms with E-state index in [0.29, 0.717) is 11.3 Å². The fraction of sp³-hybridized carbons (Fsp3) is 0.118. The van der Waals surface area contributed by atoms with Crippen LogP contribution in [0.5, 0.6) is 0 Å². The normalized spacial score (nSPS) is 11.9. The minimum atomic E-state index is -0.441. The number of hydrazone groups is 1. The Hall–Kier alpha value is -3.19. The molecule has 24 heavy (non-hydrogen) atoms. The van der Waals surface area contributed by atoms with E-state index in [4.69, 9.17) is 5.73 Å². The molecule has 0 radical (unpaired) electrons. The zero-order valence-electron chi connectivity index (χ0n) is 13.5. The Balaban J connectivity index is 2.35. The molecule has 0 aliphatic carbocycles. The average molecular weight is 325 g/mol. The van der Waals surface area contributed by atoms with Gasteiger partial charge in [-0.3, -0.25) is 20.0 Å². The number of nitrogens with two attached hydrogens (primary N) is 1. The fourth-order valence-electron chi connectivity index (χ4n) is 1.94. The van der Waals surface area contributed by atoms with E-state index in [9.17, 15) is 4.79 Å². The van der Waals surface area contributed by atoms with E-state index >= 15 is 0 Å². The number of para-hydroxylation sites is 1. The third-order valence-corrected chi connectivity index (χ3v) is 3.15. The Morgan fingerprint density at radius 3 is 2.71 bits per heavy atom. The zero-order chi connectivity index (χ0) is 17.4. The quantitative estimate of drug-likeness (QED) is 0.557. The number of rotatable bonds is 6. The van der Waals surface area contributed by atoms with Gasteiger partial charge >= 0.3 is 0 Å². The molecule has 0 atom stereocenters. The minimum absolute atomic E-state index is 0.214. The first-order chi connectivity index (χ1) is 11.7. The molecule has 0 aliphatic rings. The van der Waals surface area contributed by atoms with E-state index in [1.54, 1.807) is 12.1 Å². The van der Waals surface area contributed by atoms with E-state index < -0.39 is 5.91 Å². The first-order valence-corrected chi connectivity index (χ1v) is 7.23. The molecule has 1 amide bonds. The maximum Gasteiger partial charge on any atom is 0.293 e. The monoisotopic (exact) mass is 325 g/mol. The molecule has 0 unspecified atom stereocenters. The van der Waals surface area contributed by atoms with Crippen LogP contribution in [0.4, 0.5) is 5.69 Å². The lowest BCUT2D eigenvalue weighted by molar-refractivity contribution is 0.0532. The number of nitrogens with one attached hydrogen (secondary N) is 2. The standard InChI is InChI=1S/C17H19N5O2/c1-12(11-18)16(21-20-14-6-4-3-5-7-14)13-8-9-19-15(10-13)17(23)22-24-2/h3-11,20H,18H2,1-2H3,(H,22,23)/b12-11+,21-16+. The van der Waals surface area contributed by atoms with E-state index in [0.717, 1.165) is 11.3 Å². The van der Waals surface area contributed by atoms with Gasteiger partial charge in [-0.1, -0.05) is 18.2 Å². The number of amides is 1. The molecule has 0 spiro atoms. The van der Waals surface area contributed by atoms with Crippen LogP contribution >= 0.6 is 0 Å². The Bertz CT molecular complexity index is 757. The second kappa shape index (κ2) is 8.44. The van der Waals surface area contributed by atoms with Gasteiger partial charge in [0.1, 0.15) is 5.69 Å². The largest absolute Gasteiger partial charge is 0.404 e. The maximum absolute atomic E-state index is 11.8. The summed E-state index contributed by atoms with van der Waals surface area (Å²) in [4.78, 5) is 20.5. The van der Waals surface area contributed by atoms with Gasteiger partial charge in [0.2, 0.25) is 0 Å². The van der Waals surface area contributed by atoms with E-state index in [-0.39, 0.29) is 5.69 Å². The highest BCUT2D eigenvalue weighted by molar-refractivity contribution is 6.13. The highest BCUT2D eigenvalue weighted by Gasteiger charge is 2.12. The smallest absolute Gasteiger partial charge is 0.293 e. The van der Waals surface area contributed by atoms with Crippen molar-refractivity contribution in [3.63, 3.8) is 0 Å². The Labute approximate surface area is 140 Å². The third-order valence-electron chi connectivity index (χ3n) is 3.15. The second-order valence-electron chi connectivity index (χ2n) is 4.85. The molecule has 0 saturated carbocycles. The van der Waals surface area contributed by atoms with Crippen molar-refractivity contribution in [1.29, 1.82) is 0 Å². The van der Waals surface area contributed by atoms with Crippen LogP contribution in [-0.4, -0.2) is 23.7 Å². The number of nitrogens with zero attached hydrogens (tertiary/aromatic N) is 2. The lowest BCUT2D eigenvalue weighted by Crippen LogP contribution is -2.23. The number of carbonyl (C=O) groups excluding carboxylic acids is 1. The SMILES string of the molecule is CONC(=O)c1cc(C(=N/Nc2ccccc2)/C(C)=C/N)ccn1. The van der Waals surface area contributed by atoms with Gasteiger partial charge < -0.3 is 5.73 Å². The number of aromatic nitrogens is 1. The zero-order valence-corrected chi connectivity index (χ0v) is 13.5. The van der Waals surface area contributed by atoms with Gasteiger partial charge in [0, 0.05) is 11.8 Å². The number of benzene rings is 1. The Kier molecular flexibility index (Phi) is 6.04. The van der Waals surface area contributed by atoms with Crippen LogP contribution in [0.3, 0.4) is 0 Å². The van der Waals surface area contributed by atoms with Crippen molar-refractivity contribution < 1.29 is 9.63 Å². The summed E-state index contributed by atoms with van der Waals surface area (Å²) in [6.45, 7) is 1.83. The summed E-state index contributed by atoms with van der Waals surface area (Å²) in [5, 5.41) is 4.41. The minimum Gasteiger partial charge on any atom is -0.404 e.